The third kappa shape index (κ3) is 3.66. The number of rotatable bonds is 6. The highest BCUT2D eigenvalue weighted by Crippen LogP contribution is 2.31. The highest BCUT2D eigenvalue weighted by molar-refractivity contribution is 5.93. The molecule has 3 aromatic rings. The molecule has 2 heterocycles. The number of aryl methyl sites for hydroxylation is 1. The van der Waals surface area contributed by atoms with Gasteiger partial charge < -0.3 is 19.2 Å². The average Bonchev–Trinajstić information content (AvgIpc) is 3.15. The lowest BCUT2D eigenvalue weighted by Gasteiger charge is -2.07. The first kappa shape index (κ1) is 17.5. The Bertz CT molecular complexity index is 921. The quantitative estimate of drug-likeness (QED) is 0.733. The van der Waals surface area contributed by atoms with Crippen LogP contribution in [0.4, 0.5) is 0 Å². The van der Waals surface area contributed by atoms with E-state index in [0.29, 0.717) is 28.8 Å². The molecule has 0 spiro atoms. The summed E-state index contributed by atoms with van der Waals surface area (Å²) in [5, 5.41) is 2.79. The summed E-state index contributed by atoms with van der Waals surface area (Å²) in [5.74, 6) is 1.40. The van der Waals surface area contributed by atoms with E-state index >= 15 is 0 Å². The van der Waals surface area contributed by atoms with E-state index in [-0.39, 0.29) is 12.5 Å². The van der Waals surface area contributed by atoms with Crippen molar-refractivity contribution in [2.24, 2.45) is 0 Å². The van der Waals surface area contributed by atoms with Crippen LogP contribution in [-0.4, -0.2) is 30.1 Å². The zero-order valence-corrected chi connectivity index (χ0v) is 14.8. The second-order valence-electron chi connectivity index (χ2n) is 5.57. The molecule has 0 saturated carbocycles. The lowest BCUT2D eigenvalue weighted by molar-refractivity contribution is 0.0945. The first-order chi connectivity index (χ1) is 12.6. The fourth-order valence-electron chi connectivity index (χ4n) is 2.47. The summed E-state index contributed by atoms with van der Waals surface area (Å²) in [4.78, 5) is 20.7. The lowest BCUT2D eigenvalue weighted by Crippen LogP contribution is -2.24. The molecular weight excluding hydrogens is 334 g/mol. The number of carbonyl (C=O) groups excluding carboxylic acids is 1. The van der Waals surface area contributed by atoms with E-state index in [9.17, 15) is 4.79 Å². The van der Waals surface area contributed by atoms with Gasteiger partial charge in [0, 0.05) is 11.8 Å². The van der Waals surface area contributed by atoms with Crippen molar-refractivity contribution in [2.75, 3.05) is 14.2 Å². The molecule has 26 heavy (non-hydrogen) atoms. The van der Waals surface area contributed by atoms with Gasteiger partial charge in [0.2, 0.25) is 5.89 Å². The van der Waals surface area contributed by atoms with Gasteiger partial charge in [0.05, 0.1) is 26.5 Å². The second kappa shape index (κ2) is 7.69. The maximum atomic E-state index is 12.2. The molecule has 134 valence electrons. The third-order valence-corrected chi connectivity index (χ3v) is 3.84. The molecule has 0 saturated heterocycles. The van der Waals surface area contributed by atoms with Crippen LogP contribution in [0.15, 0.2) is 47.2 Å². The van der Waals surface area contributed by atoms with E-state index in [1.165, 1.54) is 6.26 Å². The van der Waals surface area contributed by atoms with E-state index < -0.39 is 0 Å². The predicted molar refractivity (Wildman–Crippen MR) is 95.2 cm³/mol. The molecule has 0 unspecified atom stereocenters. The van der Waals surface area contributed by atoms with Gasteiger partial charge in [-0.2, -0.15) is 0 Å². The molecule has 1 aromatic carbocycles. The molecule has 0 aliphatic carbocycles. The van der Waals surface area contributed by atoms with Crippen molar-refractivity contribution in [1.82, 2.24) is 15.3 Å². The van der Waals surface area contributed by atoms with Crippen molar-refractivity contribution in [2.45, 2.75) is 13.5 Å². The number of carbonyl (C=O) groups is 1. The molecule has 7 nitrogen and oxygen atoms in total. The standard InChI is InChI=1S/C19H19N3O4/c1-12-5-4-8-20-17(12)18(23)21-10-14-11-26-19(22-14)13-6-7-15(24-2)16(9-13)25-3/h4-9,11H,10H2,1-3H3,(H,21,23). The fraction of sp³-hybridized carbons (Fsp3) is 0.211. The third-order valence-electron chi connectivity index (χ3n) is 3.84. The largest absolute Gasteiger partial charge is 0.493 e. The normalized spacial score (nSPS) is 10.4. The van der Waals surface area contributed by atoms with E-state index in [1.807, 2.05) is 19.1 Å². The summed E-state index contributed by atoms with van der Waals surface area (Å²) >= 11 is 0. The maximum Gasteiger partial charge on any atom is 0.270 e. The van der Waals surface area contributed by atoms with E-state index in [4.69, 9.17) is 13.9 Å². The Hall–Kier alpha value is -3.35. The Balaban J connectivity index is 1.70. The number of nitrogens with zero attached hydrogens (tertiary/aromatic N) is 2. The number of methoxy groups -OCH3 is 2. The lowest BCUT2D eigenvalue weighted by atomic mass is 10.2. The number of pyridine rings is 1. The zero-order valence-electron chi connectivity index (χ0n) is 14.8. The summed E-state index contributed by atoms with van der Waals surface area (Å²) in [6.07, 6.45) is 3.10. The molecule has 2 aromatic heterocycles. The maximum absolute atomic E-state index is 12.2. The molecule has 1 N–H and O–H groups in total. The summed E-state index contributed by atoms with van der Waals surface area (Å²) in [6.45, 7) is 2.08. The smallest absolute Gasteiger partial charge is 0.270 e. The molecule has 0 aliphatic rings. The van der Waals surface area contributed by atoms with Crippen molar-refractivity contribution in [1.29, 1.82) is 0 Å². The molecule has 0 atom stereocenters. The van der Waals surface area contributed by atoms with Crippen molar-refractivity contribution in [3.8, 4) is 23.0 Å². The topological polar surface area (TPSA) is 86.5 Å². The number of nitrogens with one attached hydrogen (secondary N) is 1. The monoisotopic (exact) mass is 353 g/mol. The van der Waals surface area contributed by atoms with Crippen LogP contribution in [0.1, 0.15) is 21.7 Å². The molecule has 3 rings (SSSR count). The molecule has 0 fully saturated rings. The van der Waals surface area contributed by atoms with Crippen LogP contribution in [0.25, 0.3) is 11.5 Å². The molecule has 0 aliphatic heterocycles. The zero-order chi connectivity index (χ0) is 18.5. The van der Waals surface area contributed by atoms with Crippen molar-refractivity contribution in [3.05, 3.63) is 59.7 Å². The van der Waals surface area contributed by atoms with E-state index in [0.717, 1.165) is 11.1 Å². The molecule has 7 heteroatoms. The average molecular weight is 353 g/mol. The van der Waals surface area contributed by atoms with Crippen molar-refractivity contribution < 1.29 is 18.7 Å². The van der Waals surface area contributed by atoms with Gasteiger partial charge in [-0.3, -0.25) is 9.78 Å². The summed E-state index contributed by atoms with van der Waals surface area (Å²) < 4.78 is 16.0. The van der Waals surface area contributed by atoms with Gasteiger partial charge in [-0.1, -0.05) is 6.07 Å². The second-order valence-corrected chi connectivity index (χ2v) is 5.57. The van der Waals surface area contributed by atoms with Crippen molar-refractivity contribution >= 4 is 5.91 Å². The van der Waals surface area contributed by atoms with Crippen LogP contribution in [0.5, 0.6) is 11.5 Å². The minimum Gasteiger partial charge on any atom is -0.493 e. The number of oxazole rings is 1. The van der Waals surface area contributed by atoms with Crippen LogP contribution < -0.4 is 14.8 Å². The van der Waals surface area contributed by atoms with Crippen LogP contribution in [0, 0.1) is 6.92 Å². The minimum absolute atomic E-state index is 0.242. The van der Waals surface area contributed by atoms with Gasteiger partial charge >= 0.3 is 0 Å². The Morgan fingerprint density at radius 3 is 2.73 bits per heavy atom. The van der Waals surface area contributed by atoms with Crippen LogP contribution >= 0.6 is 0 Å². The number of ether oxygens (including phenoxy) is 2. The fourth-order valence-corrected chi connectivity index (χ4v) is 2.47. The number of hydrogen-bond acceptors (Lipinski definition) is 6. The Labute approximate surface area is 151 Å². The van der Waals surface area contributed by atoms with Gasteiger partial charge in [0.25, 0.3) is 5.91 Å². The Kier molecular flexibility index (Phi) is 5.17. The molecule has 0 bridgehead atoms. The van der Waals surface area contributed by atoms with E-state index in [2.05, 4.69) is 15.3 Å². The molecule has 0 radical (unpaired) electrons. The first-order valence-electron chi connectivity index (χ1n) is 7.99. The van der Waals surface area contributed by atoms with Gasteiger partial charge in [0.1, 0.15) is 12.0 Å². The SMILES string of the molecule is COc1ccc(-c2nc(CNC(=O)c3ncccc3C)co2)cc1OC. The Morgan fingerprint density at radius 2 is 2.00 bits per heavy atom. The number of amides is 1. The summed E-state index contributed by atoms with van der Waals surface area (Å²) in [5.41, 5.74) is 2.57. The van der Waals surface area contributed by atoms with Gasteiger partial charge in [-0.15, -0.1) is 0 Å². The Morgan fingerprint density at radius 1 is 1.19 bits per heavy atom. The summed E-state index contributed by atoms with van der Waals surface area (Å²) in [6, 6.07) is 9.02. The molecule has 1 amide bonds. The van der Waals surface area contributed by atoms with Crippen LogP contribution in [-0.2, 0) is 6.54 Å². The van der Waals surface area contributed by atoms with Gasteiger partial charge in [-0.05, 0) is 36.8 Å². The number of aromatic nitrogens is 2. The first-order valence-corrected chi connectivity index (χ1v) is 7.99. The molecular formula is C19H19N3O4. The number of hydrogen-bond donors (Lipinski definition) is 1. The number of benzene rings is 1. The highest BCUT2D eigenvalue weighted by atomic mass is 16.5. The minimum atomic E-state index is -0.251. The van der Waals surface area contributed by atoms with Crippen LogP contribution in [0.3, 0.4) is 0 Å². The predicted octanol–water partition coefficient (Wildman–Crippen LogP) is 2.99. The van der Waals surface area contributed by atoms with Gasteiger partial charge in [-0.25, -0.2) is 4.98 Å². The highest BCUT2D eigenvalue weighted by Gasteiger charge is 2.13. The summed E-state index contributed by atoms with van der Waals surface area (Å²) in [7, 11) is 3.14. The van der Waals surface area contributed by atoms with Crippen LogP contribution in [0.2, 0.25) is 0 Å². The van der Waals surface area contributed by atoms with Crippen molar-refractivity contribution in [3.63, 3.8) is 0 Å². The van der Waals surface area contributed by atoms with E-state index in [1.54, 1.807) is 38.6 Å². The van der Waals surface area contributed by atoms with Gasteiger partial charge in [0.15, 0.2) is 11.5 Å².